The van der Waals surface area contributed by atoms with Gasteiger partial charge >= 0.3 is 0 Å². The molecule has 1 aliphatic carbocycles. The molecular weight excluding hydrogens is 230 g/mol. The van der Waals surface area contributed by atoms with Crippen molar-refractivity contribution in [3.63, 3.8) is 0 Å². The molecule has 0 unspecified atom stereocenters. The third-order valence-corrected chi connectivity index (χ3v) is 5.55. The zero-order valence-corrected chi connectivity index (χ0v) is 13.3. The van der Waals surface area contributed by atoms with E-state index in [4.69, 9.17) is 5.73 Å². The van der Waals surface area contributed by atoms with Crippen molar-refractivity contribution in [1.82, 2.24) is 0 Å². The second-order valence-corrected chi connectivity index (χ2v) is 6.46. The van der Waals surface area contributed by atoms with E-state index in [9.17, 15) is 0 Å². The third kappa shape index (κ3) is 2.58. The number of benzene rings is 1. The molecule has 0 saturated heterocycles. The van der Waals surface area contributed by atoms with Crippen molar-refractivity contribution in [1.29, 1.82) is 0 Å². The second kappa shape index (κ2) is 5.66. The first-order valence-electron chi connectivity index (χ1n) is 7.77. The quantitative estimate of drug-likeness (QED) is 0.810. The van der Waals surface area contributed by atoms with E-state index in [1.54, 1.807) is 0 Å². The average molecular weight is 259 g/mol. The van der Waals surface area contributed by atoms with Gasteiger partial charge in [-0.05, 0) is 86.8 Å². The second-order valence-electron chi connectivity index (χ2n) is 6.46. The van der Waals surface area contributed by atoms with Gasteiger partial charge in [0.05, 0.1) is 0 Å². The van der Waals surface area contributed by atoms with Crippen molar-refractivity contribution < 1.29 is 0 Å². The Morgan fingerprint density at radius 3 is 1.63 bits per heavy atom. The summed E-state index contributed by atoms with van der Waals surface area (Å²) in [5.74, 6) is 0.688. The van der Waals surface area contributed by atoms with Crippen LogP contribution < -0.4 is 5.73 Å². The summed E-state index contributed by atoms with van der Waals surface area (Å²) in [6, 6.07) is 0.235. The van der Waals surface area contributed by atoms with Crippen LogP contribution in [0.1, 0.15) is 71.5 Å². The lowest BCUT2D eigenvalue weighted by molar-refractivity contribution is 0.307. The molecule has 0 radical (unpaired) electrons. The molecule has 0 amide bonds. The van der Waals surface area contributed by atoms with Gasteiger partial charge < -0.3 is 5.73 Å². The van der Waals surface area contributed by atoms with E-state index in [1.807, 2.05) is 0 Å². The van der Waals surface area contributed by atoms with Gasteiger partial charge in [-0.25, -0.2) is 0 Å². The minimum absolute atomic E-state index is 0.235. The topological polar surface area (TPSA) is 26.0 Å². The molecule has 0 spiro atoms. The van der Waals surface area contributed by atoms with Crippen molar-refractivity contribution in [2.24, 2.45) is 11.7 Å². The van der Waals surface area contributed by atoms with Gasteiger partial charge in [-0.15, -0.1) is 0 Å². The van der Waals surface area contributed by atoms with Gasteiger partial charge in [0, 0.05) is 6.04 Å². The average Bonchev–Trinajstić information content (AvgIpc) is 2.44. The first-order valence-corrected chi connectivity index (χ1v) is 7.77. The van der Waals surface area contributed by atoms with Crippen molar-refractivity contribution in [3.8, 4) is 0 Å². The summed E-state index contributed by atoms with van der Waals surface area (Å²) in [6.07, 6.45) is 6.74. The van der Waals surface area contributed by atoms with Gasteiger partial charge in [0.2, 0.25) is 0 Å². The first kappa shape index (κ1) is 14.6. The smallest absolute Gasteiger partial charge is 0.0328 e. The largest absolute Gasteiger partial charge is 0.324 e. The Hall–Kier alpha value is -0.820. The Kier molecular flexibility index (Phi) is 4.35. The molecule has 106 valence electrons. The Labute approximate surface area is 118 Å². The predicted octanol–water partition coefficient (Wildman–Crippen LogP) is 4.81. The highest BCUT2D eigenvalue weighted by atomic mass is 14.7. The van der Waals surface area contributed by atoms with Gasteiger partial charge in [-0.2, -0.15) is 0 Å². The maximum absolute atomic E-state index is 6.66. The molecule has 2 rings (SSSR count). The summed E-state index contributed by atoms with van der Waals surface area (Å²) >= 11 is 0. The van der Waals surface area contributed by atoms with Gasteiger partial charge in [0.1, 0.15) is 0 Å². The summed E-state index contributed by atoms with van der Waals surface area (Å²) < 4.78 is 0. The van der Waals surface area contributed by atoms with Crippen LogP contribution in [0.5, 0.6) is 0 Å². The molecule has 1 nitrogen and oxygen atoms in total. The van der Waals surface area contributed by atoms with E-state index in [0.717, 1.165) is 0 Å². The maximum Gasteiger partial charge on any atom is 0.0328 e. The fraction of sp³-hybridized carbons (Fsp3) is 0.667. The van der Waals surface area contributed by atoms with Crippen molar-refractivity contribution in [2.45, 2.75) is 72.8 Å². The first-order chi connectivity index (χ1) is 8.95. The highest BCUT2D eigenvalue weighted by Gasteiger charge is 2.25. The molecule has 19 heavy (non-hydrogen) atoms. The Morgan fingerprint density at radius 2 is 1.16 bits per heavy atom. The molecule has 1 atom stereocenters. The third-order valence-electron chi connectivity index (χ3n) is 5.55. The van der Waals surface area contributed by atoms with E-state index >= 15 is 0 Å². The normalized spacial score (nSPS) is 18.6. The van der Waals surface area contributed by atoms with E-state index in [2.05, 4.69) is 34.6 Å². The van der Waals surface area contributed by atoms with E-state index < -0.39 is 0 Å². The Bertz CT molecular complexity index is 438. The van der Waals surface area contributed by atoms with Gasteiger partial charge in [0.15, 0.2) is 0 Å². The van der Waals surface area contributed by atoms with Crippen LogP contribution in [0, 0.1) is 40.5 Å². The maximum atomic E-state index is 6.66. The fourth-order valence-corrected chi connectivity index (χ4v) is 3.76. The predicted molar refractivity (Wildman–Crippen MR) is 83.6 cm³/mol. The minimum atomic E-state index is 0.235. The van der Waals surface area contributed by atoms with Gasteiger partial charge in [-0.3, -0.25) is 0 Å². The Balaban J connectivity index is 2.43. The van der Waals surface area contributed by atoms with Crippen molar-refractivity contribution in [3.05, 3.63) is 33.4 Å². The van der Waals surface area contributed by atoms with Gasteiger partial charge in [-0.1, -0.05) is 19.3 Å². The summed E-state index contributed by atoms with van der Waals surface area (Å²) in [4.78, 5) is 0. The standard InChI is InChI=1S/C18H29N/c1-11-12(2)14(4)17(15(5)13(11)3)18(19)16-9-7-6-8-10-16/h16,18H,6-10,19H2,1-5H3/t18-/m0/s1. The zero-order valence-electron chi connectivity index (χ0n) is 13.3. The molecular formula is C18H29N. The molecule has 1 heteroatoms. The number of hydrogen-bond donors (Lipinski definition) is 1. The zero-order chi connectivity index (χ0) is 14.2. The molecule has 0 aromatic heterocycles. The van der Waals surface area contributed by atoms with E-state index in [0.29, 0.717) is 5.92 Å². The summed E-state index contributed by atoms with van der Waals surface area (Å²) in [5.41, 5.74) is 15.3. The number of nitrogens with two attached hydrogens (primary N) is 1. The van der Waals surface area contributed by atoms with Crippen LogP contribution in [-0.2, 0) is 0 Å². The lowest BCUT2D eigenvalue weighted by Crippen LogP contribution is -2.26. The van der Waals surface area contributed by atoms with Crippen LogP contribution in [0.4, 0.5) is 0 Å². The molecule has 1 saturated carbocycles. The van der Waals surface area contributed by atoms with Crippen LogP contribution in [-0.4, -0.2) is 0 Å². The Morgan fingerprint density at radius 1 is 0.737 bits per heavy atom. The SMILES string of the molecule is Cc1c(C)c(C)c([C@@H](N)C2CCCCC2)c(C)c1C. The van der Waals surface area contributed by atoms with Gasteiger partial charge in [0.25, 0.3) is 0 Å². The van der Waals surface area contributed by atoms with Crippen LogP contribution in [0.15, 0.2) is 0 Å². The summed E-state index contributed by atoms with van der Waals surface area (Å²) in [6.45, 7) is 11.2. The monoisotopic (exact) mass is 259 g/mol. The highest BCUT2D eigenvalue weighted by molar-refractivity contribution is 5.50. The van der Waals surface area contributed by atoms with Crippen LogP contribution in [0.25, 0.3) is 0 Å². The highest BCUT2D eigenvalue weighted by Crippen LogP contribution is 2.37. The van der Waals surface area contributed by atoms with Crippen molar-refractivity contribution in [2.75, 3.05) is 0 Å². The number of rotatable bonds is 2. The van der Waals surface area contributed by atoms with E-state index in [-0.39, 0.29) is 6.04 Å². The molecule has 2 N–H and O–H groups in total. The minimum Gasteiger partial charge on any atom is -0.324 e. The number of hydrogen-bond acceptors (Lipinski definition) is 1. The molecule has 0 bridgehead atoms. The summed E-state index contributed by atoms with van der Waals surface area (Å²) in [5, 5.41) is 0. The van der Waals surface area contributed by atoms with E-state index in [1.165, 1.54) is 65.5 Å². The summed E-state index contributed by atoms with van der Waals surface area (Å²) in [7, 11) is 0. The molecule has 1 aromatic carbocycles. The van der Waals surface area contributed by atoms with Crippen LogP contribution in [0.3, 0.4) is 0 Å². The molecule has 1 aliphatic rings. The lowest BCUT2D eigenvalue weighted by Gasteiger charge is -2.31. The lowest BCUT2D eigenvalue weighted by atomic mass is 9.77. The van der Waals surface area contributed by atoms with Crippen LogP contribution >= 0.6 is 0 Å². The molecule has 1 aromatic rings. The fourth-order valence-electron chi connectivity index (χ4n) is 3.76. The van der Waals surface area contributed by atoms with Crippen LogP contribution in [0.2, 0.25) is 0 Å². The molecule has 0 aliphatic heterocycles. The molecule has 0 heterocycles. The molecule has 1 fully saturated rings. The van der Waals surface area contributed by atoms with Crippen molar-refractivity contribution >= 4 is 0 Å².